The van der Waals surface area contributed by atoms with Gasteiger partial charge in [0.25, 0.3) is 0 Å². The highest BCUT2D eigenvalue weighted by Gasteiger charge is 2.00. The van der Waals surface area contributed by atoms with Crippen LogP contribution < -0.4 is 11.1 Å². The number of nitrogens with two attached hydrogens (primary N) is 1. The minimum absolute atomic E-state index is 0.851. The van der Waals surface area contributed by atoms with E-state index in [1.807, 2.05) is 6.08 Å². The second kappa shape index (κ2) is 38.8. The van der Waals surface area contributed by atoms with Crippen LogP contribution in [0.15, 0.2) is 49.7 Å². The first-order valence-electron chi connectivity index (χ1n) is 23.2. The van der Waals surface area contributed by atoms with Crippen molar-refractivity contribution in [3.05, 3.63) is 60.8 Å². The second-order valence-corrected chi connectivity index (χ2v) is 16.4. The van der Waals surface area contributed by atoms with Gasteiger partial charge in [0.15, 0.2) is 0 Å². The molecule has 1 rings (SSSR count). The van der Waals surface area contributed by atoms with Gasteiger partial charge in [-0.15, -0.1) is 0 Å². The summed E-state index contributed by atoms with van der Waals surface area (Å²) in [5, 5.41) is 3.50. The van der Waals surface area contributed by atoms with Gasteiger partial charge in [0.2, 0.25) is 0 Å². The van der Waals surface area contributed by atoms with Gasteiger partial charge in [-0.3, -0.25) is 0 Å². The zero-order valence-corrected chi connectivity index (χ0v) is 35.0. The van der Waals surface area contributed by atoms with Gasteiger partial charge < -0.3 is 11.1 Å². The molecule has 0 aliphatic carbocycles. The second-order valence-electron chi connectivity index (χ2n) is 16.4. The fourth-order valence-electron chi connectivity index (χ4n) is 7.68. The Labute approximate surface area is 326 Å². The Morgan fingerprint density at radius 2 is 0.731 bits per heavy atom. The zero-order valence-electron chi connectivity index (χ0n) is 35.0. The maximum absolute atomic E-state index is 5.63. The molecule has 0 fully saturated rings. The van der Waals surface area contributed by atoms with Gasteiger partial charge in [0, 0.05) is 17.9 Å². The van der Waals surface area contributed by atoms with Crippen LogP contribution in [-0.4, -0.2) is 6.54 Å². The van der Waals surface area contributed by atoms with Crippen molar-refractivity contribution in [1.82, 2.24) is 5.32 Å². The third-order valence-electron chi connectivity index (χ3n) is 11.2. The summed E-state index contributed by atoms with van der Waals surface area (Å²) in [5.41, 5.74) is 9.82. The molecule has 0 saturated heterocycles. The lowest BCUT2D eigenvalue weighted by molar-refractivity contribution is 0.510. The van der Waals surface area contributed by atoms with Crippen LogP contribution in [0.5, 0.6) is 0 Å². The molecule has 2 heteroatoms. The van der Waals surface area contributed by atoms with Gasteiger partial charge in [-0.05, 0) is 36.5 Å². The molecule has 0 atom stereocenters. The average Bonchev–Trinajstić information content (AvgIpc) is 3.15. The lowest BCUT2D eigenvalue weighted by Gasteiger charge is -2.10. The van der Waals surface area contributed by atoms with Crippen molar-refractivity contribution in [2.24, 2.45) is 5.73 Å². The predicted octanol–water partition coefficient (Wildman–Crippen LogP) is 16.8. The van der Waals surface area contributed by atoms with E-state index in [1.54, 1.807) is 0 Å². The molecule has 0 heterocycles. The van der Waals surface area contributed by atoms with Crippen LogP contribution in [0.3, 0.4) is 0 Å². The maximum atomic E-state index is 5.63. The molecule has 52 heavy (non-hydrogen) atoms. The van der Waals surface area contributed by atoms with Crippen molar-refractivity contribution in [3.8, 4) is 0 Å². The Bertz CT molecular complexity index is 932. The summed E-state index contributed by atoms with van der Waals surface area (Å²) in [5.74, 6) is 0. The van der Waals surface area contributed by atoms with Gasteiger partial charge >= 0.3 is 0 Å². The van der Waals surface area contributed by atoms with Crippen molar-refractivity contribution >= 4 is 11.8 Å². The topological polar surface area (TPSA) is 38.0 Å². The van der Waals surface area contributed by atoms with Crippen LogP contribution in [0.25, 0.3) is 11.8 Å². The highest BCUT2D eigenvalue weighted by molar-refractivity contribution is 5.64. The average molecular weight is 719 g/mol. The fraction of sp³-hybridized carbons (Fsp3) is 0.760. The molecule has 1 aromatic carbocycles. The van der Waals surface area contributed by atoms with Crippen LogP contribution >= 0.6 is 0 Å². The molecule has 0 spiro atoms. The summed E-state index contributed by atoms with van der Waals surface area (Å²) in [6, 6.07) is 8.41. The highest BCUT2D eigenvalue weighted by Crippen LogP contribution is 2.18. The van der Waals surface area contributed by atoms with Crippen molar-refractivity contribution in [1.29, 1.82) is 0 Å². The van der Waals surface area contributed by atoms with Crippen LogP contribution in [0.4, 0.5) is 0 Å². The molecular formula is C50H90N2. The Morgan fingerprint density at radius 1 is 0.442 bits per heavy atom. The fourth-order valence-corrected chi connectivity index (χ4v) is 7.68. The molecule has 0 unspecified atom stereocenters. The van der Waals surface area contributed by atoms with E-state index in [2.05, 4.69) is 49.3 Å². The van der Waals surface area contributed by atoms with Crippen LogP contribution in [0.1, 0.15) is 249 Å². The van der Waals surface area contributed by atoms with E-state index in [-0.39, 0.29) is 0 Å². The van der Waals surface area contributed by atoms with E-state index >= 15 is 0 Å². The quantitative estimate of drug-likeness (QED) is 0.0661. The third kappa shape index (κ3) is 33.8. The SMILES string of the molecule is C=Cc1cccc(C(=C)NCCCCCCCCCCCCCCCCCCCCCCCCCCCCCCCCCCCCCCC(=C)N)c1. The van der Waals surface area contributed by atoms with Crippen LogP contribution in [0, 0.1) is 0 Å². The van der Waals surface area contributed by atoms with E-state index in [1.165, 1.54) is 237 Å². The molecule has 0 bridgehead atoms. The van der Waals surface area contributed by atoms with E-state index in [4.69, 9.17) is 5.73 Å². The van der Waals surface area contributed by atoms with Crippen molar-refractivity contribution in [2.75, 3.05) is 6.54 Å². The molecular weight excluding hydrogens is 629 g/mol. The smallest absolute Gasteiger partial charge is 0.0340 e. The normalized spacial score (nSPS) is 11.2. The van der Waals surface area contributed by atoms with E-state index < -0.39 is 0 Å². The summed E-state index contributed by atoms with van der Waals surface area (Å²) < 4.78 is 0. The van der Waals surface area contributed by atoms with Gasteiger partial charge in [0.05, 0.1) is 0 Å². The van der Waals surface area contributed by atoms with Crippen molar-refractivity contribution in [2.45, 2.75) is 238 Å². The monoisotopic (exact) mass is 719 g/mol. The molecule has 0 aliphatic rings. The standard InChI is InChI=1S/C50H90N2/c1-4-49-43-41-44-50(46-49)48(3)52-45-40-38-36-34-32-30-28-26-24-22-20-18-16-14-12-10-8-6-5-7-9-11-13-15-17-19-21-23-25-27-29-31-33-35-37-39-42-47(2)51/h4,41,43-44,46,52H,1-3,5-40,42,45,51H2. The number of allylic oxidation sites excluding steroid dienone is 1. The minimum atomic E-state index is 0.851. The molecule has 3 N–H and O–H groups in total. The number of benzene rings is 1. The van der Waals surface area contributed by atoms with E-state index in [0.717, 1.165) is 29.9 Å². The van der Waals surface area contributed by atoms with Crippen molar-refractivity contribution < 1.29 is 0 Å². The lowest BCUT2D eigenvalue weighted by Crippen LogP contribution is -2.12. The number of nitrogens with one attached hydrogen (secondary N) is 1. The Kier molecular flexibility index (Phi) is 35.8. The summed E-state index contributed by atoms with van der Waals surface area (Å²) in [6.07, 6.45) is 54.6. The minimum Gasteiger partial charge on any atom is -0.403 e. The van der Waals surface area contributed by atoms with Gasteiger partial charge in [-0.2, -0.15) is 0 Å². The van der Waals surface area contributed by atoms with Crippen LogP contribution in [0.2, 0.25) is 0 Å². The first kappa shape index (κ1) is 48.1. The Hall–Kier alpha value is -1.96. The Balaban J connectivity index is 1.65. The molecule has 0 amide bonds. The van der Waals surface area contributed by atoms with E-state index in [0.29, 0.717) is 0 Å². The number of rotatable bonds is 42. The first-order chi connectivity index (χ1) is 25.6. The molecule has 0 saturated carbocycles. The molecule has 2 nitrogen and oxygen atoms in total. The number of unbranched alkanes of at least 4 members (excludes halogenated alkanes) is 35. The number of hydrogen-bond acceptors (Lipinski definition) is 2. The maximum Gasteiger partial charge on any atom is 0.0340 e. The summed E-state index contributed by atoms with van der Waals surface area (Å²) in [7, 11) is 0. The summed E-state index contributed by atoms with van der Waals surface area (Å²) in [4.78, 5) is 0. The molecule has 0 radical (unpaired) electrons. The lowest BCUT2D eigenvalue weighted by atomic mass is 10.0. The van der Waals surface area contributed by atoms with Gasteiger partial charge in [-0.1, -0.05) is 262 Å². The largest absolute Gasteiger partial charge is 0.403 e. The van der Waals surface area contributed by atoms with Gasteiger partial charge in [0.1, 0.15) is 0 Å². The van der Waals surface area contributed by atoms with Crippen molar-refractivity contribution in [3.63, 3.8) is 0 Å². The molecule has 1 aromatic rings. The summed E-state index contributed by atoms with van der Waals surface area (Å²) in [6.45, 7) is 12.9. The van der Waals surface area contributed by atoms with Crippen LogP contribution in [-0.2, 0) is 0 Å². The third-order valence-corrected chi connectivity index (χ3v) is 11.2. The first-order valence-corrected chi connectivity index (χ1v) is 23.2. The van der Waals surface area contributed by atoms with E-state index in [9.17, 15) is 0 Å². The molecule has 300 valence electrons. The Morgan fingerprint density at radius 3 is 1.02 bits per heavy atom. The van der Waals surface area contributed by atoms with Gasteiger partial charge in [-0.25, -0.2) is 0 Å². The molecule has 0 aromatic heterocycles. The highest BCUT2D eigenvalue weighted by atomic mass is 14.9. The summed E-state index contributed by atoms with van der Waals surface area (Å²) >= 11 is 0. The molecule has 0 aliphatic heterocycles. The number of hydrogen-bond donors (Lipinski definition) is 2. The zero-order chi connectivity index (χ0) is 37.4. The predicted molar refractivity (Wildman–Crippen MR) is 238 cm³/mol.